The smallest absolute Gasteiger partial charge is 0.393 e. The van der Waals surface area contributed by atoms with Crippen LogP contribution in [0.4, 0.5) is 19.0 Å². The van der Waals surface area contributed by atoms with Crippen molar-refractivity contribution in [2.75, 3.05) is 11.9 Å². The molecular formula is C20H26F3N3O5. The molecule has 2 amide bonds. The highest BCUT2D eigenvalue weighted by atomic mass is 19.4. The number of hydrogen-bond acceptors (Lipinski definition) is 6. The molecule has 0 spiro atoms. The van der Waals surface area contributed by atoms with Gasteiger partial charge in [0.1, 0.15) is 11.6 Å². The first kappa shape index (κ1) is 24.7. The second-order valence-electron chi connectivity index (χ2n) is 7.73. The number of unbranched alkanes of at least 4 members (excludes halogenated alkanes) is 1. The Labute approximate surface area is 177 Å². The van der Waals surface area contributed by atoms with Gasteiger partial charge in [0.05, 0.1) is 24.1 Å². The number of rotatable bonds is 10. The van der Waals surface area contributed by atoms with E-state index in [-0.39, 0.29) is 37.4 Å². The Balaban J connectivity index is 2.13. The minimum atomic E-state index is -4.56. The maximum Gasteiger partial charge on any atom is 0.417 e. The first-order chi connectivity index (χ1) is 14.6. The molecule has 1 aromatic heterocycles. The molecule has 1 aliphatic rings. The molecule has 11 heteroatoms. The second kappa shape index (κ2) is 10.7. The van der Waals surface area contributed by atoms with Crippen molar-refractivity contribution in [2.24, 2.45) is 17.8 Å². The van der Waals surface area contributed by atoms with Crippen molar-refractivity contribution in [1.29, 1.82) is 0 Å². The summed E-state index contributed by atoms with van der Waals surface area (Å²) >= 11 is 0. The fourth-order valence-electron chi connectivity index (χ4n) is 3.82. The number of halogens is 3. The molecule has 1 saturated carbocycles. The van der Waals surface area contributed by atoms with Gasteiger partial charge in [-0.3, -0.25) is 19.6 Å². The summed E-state index contributed by atoms with van der Waals surface area (Å²) in [5, 5.41) is 22.4. The largest absolute Gasteiger partial charge is 0.417 e. The number of hydrogen-bond donors (Lipinski definition) is 3. The van der Waals surface area contributed by atoms with E-state index in [4.69, 9.17) is 0 Å². The first-order valence-corrected chi connectivity index (χ1v) is 10.0. The summed E-state index contributed by atoms with van der Waals surface area (Å²) in [4.78, 5) is 40.2. The molecule has 1 heterocycles. The normalized spacial score (nSPS) is 22.1. The minimum Gasteiger partial charge on any atom is -0.393 e. The highest BCUT2D eigenvalue weighted by molar-refractivity contribution is 5.97. The van der Waals surface area contributed by atoms with Crippen molar-refractivity contribution >= 4 is 23.9 Å². The van der Waals surface area contributed by atoms with Gasteiger partial charge >= 0.3 is 6.18 Å². The van der Waals surface area contributed by atoms with Crippen LogP contribution in [-0.4, -0.2) is 51.1 Å². The molecule has 4 atom stereocenters. The number of alkyl halides is 3. The molecule has 2 rings (SSSR count). The Morgan fingerprint density at radius 3 is 2.55 bits per heavy atom. The van der Waals surface area contributed by atoms with E-state index in [9.17, 15) is 37.9 Å². The zero-order valence-electron chi connectivity index (χ0n) is 17.0. The predicted molar refractivity (Wildman–Crippen MR) is 103 cm³/mol. The van der Waals surface area contributed by atoms with E-state index in [0.717, 1.165) is 18.6 Å². The minimum absolute atomic E-state index is 0.0138. The number of aromatic nitrogens is 1. The van der Waals surface area contributed by atoms with E-state index in [1.807, 2.05) is 6.92 Å². The lowest BCUT2D eigenvalue weighted by Crippen LogP contribution is -2.37. The summed E-state index contributed by atoms with van der Waals surface area (Å²) in [5.41, 5.74) is -0.961. The van der Waals surface area contributed by atoms with Gasteiger partial charge in [0.25, 0.3) is 0 Å². The number of Topliss-reactive ketones (excluding diaryl/α,β-unsaturated/α-hetero) is 1. The number of aliphatic hydroxyl groups is 1. The van der Waals surface area contributed by atoms with Crippen LogP contribution in [0.5, 0.6) is 0 Å². The zero-order valence-corrected chi connectivity index (χ0v) is 17.0. The number of pyridine rings is 1. The van der Waals surface area contributed by atoms with Crippen LogP contribution in [0.25, 0.3) is 0 Å². The number of ketones is 1. The molecule has 1 aromatic rings. The third kappa shape index (κ3) is 6.73. The molecule has 3 N–H and O–H groups in total. The second-order valence-corrected chi connectivity index (χ2v) is 7.73. The van der Waals surface area contributed by atoms with E-state index in [1.165, 1.54) is 0 Å². The summed E-state index contributed by atoms with van der Waals surface area (Å²) < 4.78 is 38.0. The zero-order chi connectivity index (χ0) is 23.2. The lowest BCUT2D eigenvalue weighted by atomic mass is 9.82. The van der Waals surface area contributed by atoms with Crippen molar-refractivity contribution in [1.82, 2.24) is 10.0 Å². The number of carbonyl (C=O) groups is 3. The standard InChI is InChI=1S/C20H26F3N3O5/c1-2-3-4-12(10-26(31)11-27)18(29)15-7-14(28)8-16(15)19(30)25-17-6-5-13(9-24-17)20(21,22)23/h5-6,9,11-12,14-16,28,31H,2-4,7-8,10H2,1H3,(H,24,25,30)/t12-,14+,15?,16-/m1/s1. The summed E-state index contributed by atoms with van der Waals surface area (Å²) in [6.45, 7) is 1.70. The first-order valence-electron chi connectivity index (χ1n) is 10.0. The monoisotopic (exact) mass is 445 g/mol. The maximum absolute atomic E-state index is 13.1. The molecule has 0 radical (unpaired) electrons. The van der Waals surface area contributed by atoms with Crippen LogP contribution in [0.15, 0.2) is 18.3 Å². The van der Waals surface area contributed by atoms with Gasteiger partial charge in [-0.15, -0.1) is 0 Å². The predicted octanol–water partition coefficient (Wildman–Crippen LogP) is 2.65. The van der Waals surface area contributed by atoms with Gasteiger partial charge in [-0.05, 0) is 31.4 Å². The van der Waals surface area contributed by atoms with Crippen molar-refractivity contribution in [3.8, 4) is 0 Å². The van der Waals surface area contributed by atoms with Crippen LogP contribution in [0.3, 0.4) is 0 Å². The molecule has 0 aromatic carbocycles. The molecular weight excluding hydrogens is 419 g/mol. The molecule has 8 nitrogen and oxygen atoms in total. The van der Waals surface area contributed by atoms with Gasteiger partial charge in [0.2, 0.25) is 12.3 Å². The Bertz CT molecular complexity index is 772. The Morgan fingerprint density at radius 2 is 2.00 bits per heavy atom. The van der Waals surface area contributed by atoms with Gasteiger partial charge < -0.3 is 10.4 Å². The quantitative estimate of drug-likeness (QED) is 0.289. The molecule has 0 bridgehead atoms. The summed E-state index contributed by atoms with van der Waals surface area (Å²) in [5.74, 6) is -3.52. The lowest BCUT2D eigenvalue weighted by Gasteiger charge is -2.24. The van der Waals surface area contributed by atoms with Crippen molar-refractivity contribution in [3.05, 3.63) is 23.9 Å². The molecule has 1 aliphatic carbocycles. The highest BCUT2D eigenvalue weighted by Crippen LogP contribution is 2.36. The van der Waals surface area contributed by atoms with Crippen LogP contribution >= 0.6 is 0 Å². The Kier molecular flexibility index (Phi) is 8.52. The number of amides is 2. The van der Waals surface area contributed by atoms with Gasteiger partial charge in [-0.25, -0.2) is 10.0 Å². The fraction of sp³-hybridized carbons (Fsp3) is 0.600. The topological polar surface area (TPSA) is 120 Å². The summed E-state index contributed by atoms with van der Waals surface area (Å²) in [6, 6.07) is 1.80. The maximum atomic E-state index is 13.1. The van der Waals surface area contributed by atoms with Crippen molar-refractivity contribution in [2.45, 2.75) is 51.3 Å². The van der Waals surface area contributed by atoms with Crippen molar-refractivity contribution in [3.63, 3.8) is 0 Å². The van der Waals surface area contributed by atoms with Crippen LogP contribution in [0, 0.1) is 17.8 Å². The fourth-order valence-corrected chi connectivity index (χ4v) is 3.82. The Morgan fingerprint density at radius 1 is 1.32 bits per heavy atom. The Hall–Kier alpha value is -2.53. The summed E-state index contributed by atoms with van der Waals surface area (Å²) in [7, 11) is 0. The van der Waals surface area contributed by atoms with Crippen LogP contribution < -0.4 is 5.32 Å². The number of nitrogens with zero attached hydrogens (tertiary/aromatic N) is 2. The molecule has 0 aliphatic heterocycles. The SMILES string of the molecule is CCCC[C@H](CN(O)C=O)C(=O)C1C[C@H](O)C[C@H]1C(=O)Nc1ccc(C(F)(F)F)cn1. The average molecular weight is 445 g/mol. The highest BCUT2D eigenvalue weighted by Gasteiger charge is 2.44. The molecule has 0 saturated heterocycles. The number of nitrogens with one attached hydrogen (secondary N) is 1. The molecule has 1 unspecified atom stereocenters. The lowest BCUT2D eigenvalue weighted by molar-refractivity contribution is -0.155. The third-order valence-corrected chi connectivity index (χ3v) is 5.42. The van der Waals surface area contributed by atoms with E-state index >= 15 is 0 Å². The van der Waals surface area contributed by atoms with Gasteiger partial charge in [0.15, 0.2) is 0 Å². The summed E-state index contributed by atoms with van der Waals surface area (Å²) in [6.07, 6.45) is -2.74. The van der Waals surface area contributed by atoms with Crippen LogP contribution in [-0.2, 0) is 20.6 Å². The molecule has 172 valence electrons. The van der Waals surface area contributed by atoms with Gasteiger partial charge in [0, 0.05) is 18.0 Å². The van der Waals surface area contributed by atoms with Crippen LogP contribution in [0.2, 0.25) is 0 Å². The van der Waals surface area contributed by atoms with E-state index < -0.39 is 41.5 Å². The van der Waals surface area contributed by atoms with E-state index in [0.29, 0.717) is 24.1 Å². The van der Waals surface area contributed by atoms with E-state index in [1.54, 1.807) is 0 Å². The van der Waals surface area contributed by atoms with Gasteiger partial charge in [-0.2, -0.15) is 13.2 Å². The number of anilines is 1. The number of aliphatic hydroxyl groups excluding tert-OH is 1. The van der Waals surface area contributed by atoms with Crippen molar-refractivity contribution < 1.29 is 37.9 Å². The van der Waals surface area contributed by atoms with E-state index in [2.05, 4.69) is 10.3 Å². The number of hydroxylamine groups is 2. The number of carbonyl (C=O) groups excluding carboxylic acids is 3. The average Bonchev–Trinajstić information content (AvgIpc) is 3.12. The molecule has 1 fully saturated rings. The van der Waals surface area contributed by atoms with Gasteiger partial charge in [-0.1, -0.05) is 19.8 Å². The molecule has 31 heavy (non-hydrogen) atoms. The third-order valence-electron chi connectivity index (χ3n) is 5.42. The van der Waals surface area contributed by atoms with Crippen LogP contribution in [0.1, 0.15) is 44.6 Å².